The fraction of sp³-hybridized carbons (Fsp3) is 0.318. The van der Waals surface area contributed by atoms with Crippen LogP contribution in [0.2, 0.25) is 0 Å². The van der Waals surface area contributed by atoms with E-state index < -0.39 is 0 Å². The van der Waals surface area contributed by atoms with Gasteiger partial charge in [-0.1, -0.05) is 0 Å². The Hall–Kier alpha value is -3.75. The number of ether oxygens (including phenoxy) is 3. The third-order valence-electron chi connectivity index (χ3n) is 5.33. The van der Waals surface area contributed by atoms with Gasteiger partial charge in [0.2, 0.25) is 0 Å². The van der Waals surface area contributed by atoms with Crippen molar-refractivity contribution in [3.8, 4) is 23.1 Å². The molecule has 1 atom stereocenters. The van der Waals surface area contributed by atoms with Gasteiger partial charge in [0.1, 0.15) is 0 Å². The molecule has 0 spiro atoms. The predicted octanol–water partition coefficient (Wildman–Crippen LogP) is 2.62. The van der Waals surface area contributed by atoms with Crippen LogP contribution in [0.3, 0.4) is 0 Å². The molecule has 1 aromatic carbocycles. The first-order valence-electron chi connectivity index (χ1n) is 9.82. The minimum Gasteiger partial charge on any atom is -0.493 e. The van der Waals surface area contributed by atoms with Gasteiger partial charge < -0.3 is 19.1 Å². The summed E-state index contributed by atoms with van der Waals surface area (Å²) in [6.07, 6.45) is 7.72. The number of carbonyl (C=O) groups excluding carboxylic acids is 1. The molecule has 1 aliphatic heterocycles. The second-order valence-electron chi connectivity index (χ2n) is 6.98. The number of benzene rings is 1. The van der Waals surface area contributed by atoms with E-state index in [4.69, 9.17) is 14.2 Å². The van der Waals surface area contributed by atoms with E-state index in [1.54, 1.807) is 45.1 Å². The fourth-order valence-corrected chi connectivity index (χ4v) is 3.80. The van der Waals surface area contributed by atoms with Crippen molar-refractivity contribution < 1.29 is 19.0 Å². The maximum atomic E-state index is 12.2. The molecular weight excluding hydrogens is 398 g/mol. The van der Waals surface area contributed by atoms with E-state index in [9.17, 15) is 4.79 Å². The molecule has 4 rings (SSSR count). The smallest absolute Gasteiger partial charge is 0.307 e. The van der Waals surface area contributed by atoms with Crippen LogP contribution >= 0.6 is 0 Å². The number of esters is 1. The van der Waals surface area contributed by atoms with E-state index >= 15 is 0 Å². The van der Waals surface area contributed by atoms with Crippen LogP contribution in [-0.2, 0) is 16.0 Å². The summed E-state index contributed by atoms with van der Waals surface area (Å²) in [4.78, 5) is 31.6. The lowest BCUT2D eigenvalue weighted by Crippen LogP contribution is -2.37. The summed E-state index contributed by atoms with van der Waals surface area (Å²) in [6.45, 7) is 0.689. The zero-order valence-electron chi connectivity index (χ0n) is 17.6. The first-order chi connectivity index (χ1) is 15.1. The van der Waals surface area contributed by atoms with Crippen molar-refractivity contribution in [1.82, 2.24) is 19.9 Å². The molecule has 160 valence electrons. The summed E-state index contributed by atoms with van der Waals surface area (Å²) in [5.74, 6) is 1.89. The van der Waals surface area contributed by atoms with Crippen LogP contribution in [0.25, 0.3) is 11.6 Å². The molecule has 9 heteroatoms. The standard InChI is InChI=1S/C22H23N5O4/c1-29-18-9-14-5-8-27(17(11-20(28)31-3)16(14)10-19(18)30-2)15-12-25-22(26-13-15)21-23-6-4-7-24-21/h4,6-7,9-10,12-13,17H,5,8,11H2,1-3H3. The Morgan fingerprint density at radius 3 is 2.29 bits per heavy atom. The summed E-state index contributed by atoms with van der Waals surface area (Å²) < 4.78 is 15.9. The molecule has 0 N–H and O–H groups in total. The molecule has 0 saturated heterocycles. The van der Waals surface area contributed by atoms with Crippen LogP contribution in [-0.4, -0.2) is 53.8 Å². The maximum Gasteiger partial charge on any atom is 0.307 e. The van der Waals surface area contributed by atoms with Gasteiger partial charge in [0.15, 0.2) is 23.1 Å². The van der Waals surface area contributed by atoms with Crippen LogP contribution in [0.4, 0.5) is 5.69 Å². The minimum atomic E-state index is -0.298. The molecule has 0 aliphatic carbocycles. The summed E-state index contributed by atoms with van der Waals surface area (Å²) in [6, 6.07) is 5.39. The number of anilines is 1. The molecule has 2 aromatic heterocycles. The number of methoxy groups -OCH3 is 3. The van der Waals surface area contributed by atoms with Crippen LogP contribution in [0, 0.1) is 0 Å². The second kappa shape index (κ2) is 8.95. The normalized spacial score (nSPS) is 15.2. The molecule has 1 unspecified atom stereocenters. The third kappa shape index (κ3) is 4.11. The van der Waals surface area contributed by atoms with E-state index in [1.165, 1.54) is 7.11 Å². The van der Waals surface area contributed by atoms with Crippen molar-refractivity contribution in [2.24, 2.45) is 0 Å². The van der Waals surface area contributed by atoms with Crippen molar-refractivity contribution in [1.29, 1.82) is 0 Å². The van der Waals surface area contributed by atoms with Crippen molar-refractivity contribution in [2.45, 2.75) is 18.9 Å². The molecule has 3 heterocycles. The molecule has 9 nitrogen and oxygen atoms in total. The Balaban J connectivity index is 1.71. The molecule has 0 radical (unpaired) electrons. The topological polar surface area (TPSA) is 99.6 Å². The van der Waals surface area contributed by atoms with Gasteiger partial charge in [0, 0.05) is 18.9 Å². The third-order valence-corrected chi connectivity index (χ3v) is 5.33. The molecule has 0 amide bonds. The van der Waals surface area contributed by atoms with Gasteiger partial charge in [0.25, 0.3) is 0 Å². The monoisotopic (exact) mass is 421 g/mol. The van der Waals surface area contributed by atoms with Gasteiger partial charge in [0.05, 0.1) is 51.9 Å². The average molecular weight is 421 g/mol. The Bertz CT molecular complexity index is 1060. The van der Waals surface area contributed by atoms with E-state index in [1.807, 2.05) is 12.1 Å². The lowest BCUT2D eigenvalue weighted by molar-refractivity contribution is -0.141. The molecule has 1 aliphatic rings. The maximum absolute atomic E-state index is 12.2. The first-order valence-corrected chi connectivity index (χ1v) is 9.82. The fourth-order valence-electron chi connectivity index (χ4n) is 3.80. The van der Waals surface area contributed by atoms with Gasteiger partial charge in [-0.05, 0) is 35.7 Å². The lowest BCUT2D eigenvalue weighted by atomic mass is 9.89. The van der Waals surface area contributed by atoms with E-state index in [2.05, 4.69) is 24.8 Å². The van der Waals surface area contributed by atoms with Crippen LogP contribution < -0.4 is 14.4 Å². The minimum absolute atomic E-state index is 0.183. The van der Waals surface area contributed by atoms with Crippen molar-refractivity contribution in [2.75, 3.05) is 32.8 Å². The highest BCUT2D eigenvalue weighted by molar-refractivity contribution is 5.72. The zero-order valence-corrected chi connectivity index (χ0v) is 17.6. The number of nitrogens with zero attached hydrogens (tertiary/aromatic N) is 5. The molecular formula is C22H23N5O4. The Labute approximate surface area is 180 Å². The summed E-state index contributed by atoms with van der Waals surface area (Å²) in [5.41, 5.74) is 2.90. The molecule has 0 bridgehead atoms. The first kappa shape index (κ1) is 20.5. The summed E-state index contributed by atoms with van der Waals surface area (Å²) >= 11 is 0. The molecule has 3 aromatic rings. The van der Waals surface area contributed by atoms with Crippen molar-refractivity contribution in [3.63, 3.8) is 0 Å². The number of fused-ring (bicyclic) bond motifs is 1. The summed E-state index contributed by atoms with van der Waals surface area (Å²) in [5, 5.41) is 0. The Morgan fingerprint density at radius 1 is 1.00 bits per heavy atom. The highest BCUT2D eigenvalue weighted by Gasteiger charge is 2.32. The Morgan fingerprint density at radius 2 is 1.65 bits per heavy atom. The Kier molecular flexibility index (Phi) is 5.92. The number of hydrogen-bond acceptors (Lipinski definition) is 9. The highest BCUT2D eigenvalue weighted by atomic mass is 16.5. The van der Waals surface area contributed by atoms with Gasteiger partial charge in [-0.25, -0.2) is 19.9 Å². The summed E-state index contributed by atoms with van der Waals surface area (Å²) in [7, 11) is 4.60. The molecule has 0 fully saturated rings. The SMILES string of the molecule is COC(=O)CC1c2cc(OC)c(OC)cc2CCN1c1cnc(-c2ncccn2)nc1. The average Bonchev–Trinajstić information content (AvgIpc) is 2.84. The number of carbonyl (C=O) groups is 1. The van der Waals surface area contributed by atoms with E-state index in [0.717, 1.165) is 23.2 Å². The van der Waals surface area contributed by atoms with Gasteiger partial charge in [-0.2, -0.15) is 0 Å². The van der Waals surface area contributed by atoms with Gasteiger partial charge in [-0.3, -0.25) is 4.79 Å². The second-order valence-corrected chi connectivity index (χ2v) is 6.98. The van der Waals surface area contributed by atoms with Gasteiger partial charge in [-0.15, -0.1) is 0 Å². The predicted molar refractivity (Wildman–Crippen MR) is 113 cm³/mol. The zero-order chi connectivity index (χ0) is 21.8. The van der Waals surface area contributed by atoms with Crippen molar-refractivity contribution >= 4 is 11.7 Å². The van der Waals surface area contributed by atoms with E-state index in [-0.39, 0.29) is 18.4 Å². The highest BCUT2D eigenvalue weighted by Crippen LogP contribution is 2.41. The van der Waals surface area contributed by atoms with Crippen molar-refractivity contribution in [3.05, 3.63) is 54.1 Å². The number of aromatic nitrogens is 4. The van der Waals surface area contributed by atoms with Crippen LogP contribution in [0.5, 0.6) is 11.5 Å². The molecule has 0 saturated carbocycles. The quantitative estimate of drug-likeness (QED) is 0.556. The number of hydrogen-bond donors (Lipinski definition) is 0. The lowest BCUT2D eigenvalue weighted by Gasteiger charge is -2.38. The van der Waals surface area contributed by atoms with Gasteiger partial charge >= 0.3 is 5.97 Å². The van der Waals surface area contributed by atoms with Crippen LogP contribution in [0.15, 0.2) is 43.0 Å². The molecule has 31 heavy (non-hydrogen) atoms. The van der Waals surface area contributed by atoms with E-state index in [0.29, 0.717) is 29.7 Å². The largest absolute Gasteiger partial charge is 0.493 e. The number of rotatable bonds is 6. The van der Waals surface area contributed by atoms with Crippen LogP contribution in [0.1, 0.15) is 23.6 Å².